The molecular formula is C13H18N2O2. The Morgan fingerprint density at radius 3 is 3.12 bits per heavy atom. The average molecular weight is 234 g/mol. The van der Waals surface area contributed by atoms with E-state index in [0.717, 1.165) is 36.2 Å². The number of hydrogen-bond acceptors (Lipinski definition) is 3. The highest BCUT2D eigenvalue weighted by molar-refractivity contribution is 5.90. The van der Waals surface area contributed by atoms with Gasteiger partial charge in [-0.25, -0.2) is 4.79 Å². The molecule has 0 atom stereocenters. The Morgan fingerprint density at radius 2 is 2.35 bits per heavy atom. The minimum absolute atomic E-state index is 0.248. The van der Waals surface area contributed by atoms with Crippen LogP contribution in [0.4, 0.5) is 16.2 Å². The minimum Gasteiger partial charge on any atom is -0.449 e. The number of hydrogen-bond donors (Lipinski definition) is 1. The third-order valence-electron chi connectivity index (χ3n) is 2.94. The number of rotatable bonds is 3. The van der Waals surface area contributed by atoms with E-state index in [1.54, 1.807) is 4.90 Å². The highest BCUT2D eigenvalue weighted by Gasteiger charge is 2.25. The van der Waals surface area contributed by atoms with E-state index in [-0.39, 0.29) is 6.09 Å². The molecule has 1 aliphatic rings. The van der Waals surface area contributed by atoms with Crippen LogP contribution in [0.1, 0.15) is 25.3 Å². The van der Waals surface area contributed by atoms with Gasteiger partial charge in [0, 0.05) is 12.2 Å². The first kappa shape index (κ1) is 11.8. The summed E-state index contributed by atoms with van der Waals surface area (Å²) in [5.74, 6) is 0. The maximum absolute atomic E-state index is 11.8. The molecule has 1 amide bonds. The van der Waals surface area contributed by atoms with Crippen LogP contribution in [0.15, 0.2) is 18.2 Å². The SMILES string of the molecule is CCCCOC(=O)N1CCc2cc(N)ccc21. The second kappa shape index (κ2) is 5.08. The van der Waals surface area contributed by atoms with Gasteiger partial charge in [0.1, 0.15) is 0 Å². The first-order valence-corrected chi connectivity index (χ1v) is 6.05. The predicted molar refractivity (Wildman–Crippen MR) is 68.2 cm³/mol. The summed E-state index contributed by atoms with van der Waals surface area (Å²) in [5.41, 5.74) is 8.51. The molecule has 0 bridgehead atoms. The lowest BCUT2D eigenvalue weighted by Gasteiger charge is -2.17. The van der Waals surface area contributed by atoms with E-state index >= 15 is 0 Å². The number of anilines is 2. The fraction of sp³-hybridized carbons (Fsp3) is 0.462. The molecule has 4 nitrogen and oxygen atoms in total. The van der Waals surface area contributed by atoms with Crippen molar-refractivity contribution in [3.05, 3.63) is 23.8 Å². The highest BCUT2D eigenvalue weighted by atomic mass is 16.6. The molecule has 1 aliphatic heterocycles. The summed E-state index contributed by atoms with van der Waals surface area (Å²) in [6.45, 7) is 3.25. The van der Waals surface area contributed by atoms with Gasteiger partial charge in [0.25, 0.3) is 0 Å². The van der Waals surface area contributed by atoms with Crippen LogP contribution in [0.3, 0.4) is 0 Å². The van der Waals surface area contributed by atoms with Gasteiger partial charge in [-0.2, -0.15) is 0 Å². The molecule has 17 heavy (non-hydrogen) atoms. The van der Waals surface area contributed by atoms with Gasteiger partial charge >= 0.3 is 6.09 Å². The monoisotopic (exact) mass is 234 g/mol. The molecule has 0 saturated heterocycles. The zero-order chi connectivity index (χ0) is 12.3. The molecule has 0 aromatic heterocycles. The van der Waals surface area contributed by atoms with Crippen molar-refractivity contribution in [2.24, 2.45) is 0 Å². The number of ether oxygens (including phenoxy) is 1. The van der Waals surface area contributed by atoms with Gasteiger partial charge in [-0.05, 0) is 36.6 Å². The van der Waals surface area contributed by atoms with Crippen LogP contribution in [0, 0.1) is 0 Å². The molecule has 2 rings (SSSR count). The lowest BCUT2D eigenvalue weighted by atomic mass is 10.1. The van der Waals surface area contributed by atoms with Gasteiger partial charge in [-0.3, -0.25) is 4.90 Å². The molecule has 2 N–H and O–H groups in total. The van der Waals surface area contributed by atoms with E-state index in [9.17, 15) is 4.79 Å². The van der Waals surface area contributed by atoms with Crippen LogP contribution >= 0.6 is 0 Å². The predicted octanol–water partition coefficient (Wildman–Crippen LogP) is 2.57. The summed E-state index contributed by atoms with van der Waals surface area (Å²) in [7, 11) is 0. The van der Waals surface area contributed by atoms with Crippen LogP contribution in [-0.4, -0.2) is 19.2 Å². The van der Waals surface area contributed by atoms with E-state index < -0.39 is 0 Å². The molecule has 0 aliphatic carbocycles. The summed E-state index contributed by atoms with van der Waals surface area (Å²) < 4.78 is 5.21. The van der Waals surface area contributed by atoms with E-state index in [4.69, 9.17) is 10.5 Å². The highest BCUT2D eigenvalue weighted by Crippen LogP contribution is 2.29. The number of nitrogens with two attached hydrogens (primary N) is 1. The molecule has 0 saturated carbocycles. The van der Waals surface area contributed by atoms with Crippen LogP contribution in [-0.2, 0) is 11.2 Å². The number of nitrogens with zero attached hydrogens (tertiary/aromatic N) is 1. The number of benzene rings is 1. The molecule has 0 unspecified atom stereocenters. The van der Waals surface area contributed by atoms with E-state index in [1.165, 1.54) is 0 Å². The van der Waals surface area contributed by atoms with E-state index in [2.05, 4.69) is 6.92 Å². The normalized spacial score (nSPS) is 13.6. The fourth-order valence-electron chi connectivity index (χ4n) is 1.99. The summed E-state index contributed by atoms with van der Waals surface area (Å²) in [6, 6.07) is 5.63. The van der Waals surface area contributed by atoms with Crippen molar-refractivity contribution in [2.75, 3.05) is 23.8 Å². The summed E-state index contributed by atoms with van der Waals surface area (Å²) in [4.78, 5) is 13.5. The second-order valence-corrected chi connectivity index (χ2v) is 4.26. The zero-order valence-electron chi connectivity index (χ0n) is 10.1. The minimum atomic E-state index is -0.248. The van der Waals surface area contributed by atoms with Gasteiger partial charge in [0.2, 0.25) is 0 Å². The summed E-state index contributed by atoms with van der Waals surface area (Å²) in [5, 5.41) is 0. The molecule has 1 heterocycles. The van der Waals surface area contributed by atoms with Crippen LogP contribution in [0.2, 0.25) is 0 Å². The van der Waals surface area contributed by atoms with Crippen molar-refractivity contribution >= 4 is 17.5 Å². The van der Waals surface area contributed by atoms with E-state index in [0.29, 0.717) is 13.2 Å². The maximum Gasteiger partial charge on any atom is 0.414 e. The lowest BCUT2D eigenvalue weighted by molar-refractivity contribution is 0.152. The molecular weight excluding hydrogens is 216 g/mol. The Labute approximate surface area is 101 Å². The summed E-state index contributed by atoms with van der Waals surface area (Å²) in [6.07, 6.45) is 2.54. The smallest absolute Gasteiger partial charge is 0.414 e. The van der Waals surface area contributed by atoms with Crippen LogP contribution < -0.4 is 10.6 Å². The Hall–Kier alpha value is -1.71. The van der Waals surface area contributed by atoms with Crippen molar-refractivity contribution in [3.8, 4) is 0 Å². The fourth-order valence-corrected chi connectivity index (χ4v) is 1.99. The molecule has 1 aromatic rings. The van der Waals surface area contributed by atoms with Crippen LogP contribution in [0.25, 0.3) is 0 Å². The van der Waals surface area contributed by atoms with Gasteiger partial charge < -0.3 is 10.5 Å². The van der Waals surface area contributed by atoms with Crippen molar-refractivity contribution in [1.82, 2.24) is 0 Å². The van der Waals surface area contributed by atoms with Gasteiger partial charge in [-0.1, -0.05) is 13.3 Å². The molecule has 0 radical (unpaired) electrons. The van der Waals surface area contributed by atoms with Crippen molar-refractivity contribution < 1.29 is 9.53 Å². The third-order valence-corrected chi connectivity index (χ3v) is 2.94. The molecule has 0 fully saturated rings. The number of nitrogen functional groups attached to an aromatic ring is 1. The summed E-state index contributed by atoms with van der Waals surface area (Å²) >= 11 is 0. The molecule has 92 valence electrons. The average Bonchev–Trinajstić information content (AvgIpc) is 2.72. The molecule has 1 aromatic carbocycles. The number of carbonyl (C=O) groups is 1. The zero-order valence-corrected chi connectivity index (χ0v) is 10.1. The van der Waals surface area contributed by atoms with Gasteiger partial charge in [0.15, 0.2) is 0 Å². The number of amides is 1. The number of fused-ring (bicyclic) bond motifs is 1. The topological polar surface area (TPSA) is 55.6 Å². The number of unbranched alkanes of at least 4 members (excludes halogenated alkanes) is 1. The Bertz CT molecular complexity index is 418. The second-order valence-electron chi connectivity index (χ2n) is 4.26. The molecule has 4 heteroatoms. The largest absolute Gasteiger partial charge is 0.449 e. The third kappa shape index (κ3) is 2.52. The lowest BCUT2D eigenvalue weighted by Crippen LogP contribution is -2.29. The Kier molecular flexibility index (Phi) is 3.52. The van der Waals surface area contributed by atoms with Crippen molar-refractivity contribution in [3.63, 3.8) is 0 Å². The van der Waals surface area contributed by atoms with E-state index in [1.807, 2.05) is 18.2 Å². The first-order valence-electron chi connectivity index (χ1n) is 6.05. The quantitative estimate of drug-likeness (QED) is 0.646. The first-order chi connectivity index (χ1) is 8.22. The Morgan fingerprint density at radius 1 is 1.53 bits per heavy atom. The van der Waals surface area contributed by atoms with Gasteiger partial charge in [-0.15, -0.1) is 0 Å². The van der Waals surface area contributed by atoms with Crippen LogP contribution in [0.5, 0.6) is 0 Å². The number of carbonyl (C=O) groups excluding carboxylic acids is 1. The Balaban J connectivity index is 2.03. The van der Waals surface area contributed by atoms with Crippen molar-refractivity contribution in [2.45, 2.75) is 26.2 Å². The van der Waals surface area contributed by atoms with Gasteiger partial charge in [0.05, 0.1) is 12.3 Å². The molecule has 0 spiro atoms. The maximum atomic E-state index is 11.8. The van der Waals surface area contributed by atoms with Crippen molar-refractivity contribution in [1.29, 1.82) is 0 Å². The standard InChI is InChI=1S/C13H18N2O2/c1-2-3-8-17-13(16)15-7-6-10-9-11(14)4-5-12(10)15/h4-5,9H,2-3,6-8,14H2,1H3.